The van der Waals surface area contributed by atoms with E-state index in [1.165, 1.54) is 11.0 Å². The van der Waals surface area contributed by atoms with Crippen LogP contribution in [0.5, 0.6) is 0 Å². The fourth-order valence-corrected chi connectivity index (χ4v) is 2.34. The van der Waals surface area contributed by atoms with Gasteiger partial charge in [0.15, 0.2) is 0 Å². The summed E-state index contributed by atoms with van der Waals surface area (Å²) >= 11 is 0. The number of rotatable bonds is 5. The minimum absolute atomic E-state index is 0.0242. The maximum absolute atomic E-state index is 12.8. The third-order valence-corrected chi connectivity index (χ3v) is 3.49. The lowest BCUT2D eigenvalue weighted by atomic mass is 10.2. The molecule has 0 aliphatic carbocycles. The van der Waals surface area contributed by atoms with Gasteiger partial charge in [-0.3, -0.25) is 4.79 Å². The molecular weight excluding hydrogens is 302 g/mol. The van der Waals surface area contributed by atoms with Crippen LogP contribution in [0.25, 0.3) is 0 Å². The summed E-state index contributed by atoms with van der Waals surface area (Å²) in [6.45, 7) is 0.486. The van der Waals surface area contributed by atoms with Crippen molar-refractivity contribution in [3.05, 3.63) is 78.4 Å². The molecule has 1 heterocycles. The summed E-state index contributed by atoms with van der Waals surface area (Å²) in [4.78, 5) is 18.3. The van der Waals surface area contributed by atoms with Crippen molar-refractivity contribution in [2.24, 2.45) is 0 Å². The summed E-state index contributed by atoms with van der Waals surface area (Å²) in [5.41, 5.74) is 1.85. The van der Waals surface area contributed by atoms with E-state index in [1.807, 2.05) is 66.7 Å². The highest BCUT2D eigenvalue weighted by Gasteiger charge is 2.17. The Hall–Kier alpha value is -3.46. The summed E-state index contributed by atoms with van der Waals surface area (Å²) in [5.74, 6) is -0.0726. The van der Waals surface area contributed by atoms with E-state index in [9.17, 15) is 4.79 Å². The van der Waals surface area contributed by atoms with Crippen LogP contribution in [0.3, 0.4) is 0 Å². The van der Waals surface area contributed by atoms with Gasteiger partial charge in [-0.2, -0.15) is 5.26 Å². The molecule has 0 N–H and O–H groups in total. The van der Waals surface area contributed by atoms with E-state index >= 15 is 0 Å². The van der Waals surface area contributed by atoms with E-state index < -0.39 is 0 Å². The average Bonchev–Trinajstić information content (AvgIpc) is 3.09. The number of hydrogen-bond donors (Lipinski definition) is 0. The first-order chi connectivity index (χ1) is 11.8. The molecule has 0 saturated heterocycles. The fraction of sp³-hybridized carbons (Fsp3) is 0.111. The molecule has 2 aromatic carbocycles. The first-order valence-electron chi connectivity index (χ1n) is 7.45. The number of benzene rings is 2. The second-order valence-electron chi connectivity index (χ2n) is 5.18. The summed E-state index contributed by atoms with van der Waals surface area (Å²) in [6.07, 6.45) is 1.39. The molecule has 0 saturated carbocycles. The first kappa shape index (κ1) is 15.4. The Balaban J connectivity index is 1.83. The standard InChI is InChI=1S/C18H15N5O/c19-11-17-20-14-22(21-17)13-18(24)23(16-9-5-2-6-10-16)12-15-7-3-1-4-8-15/h1-10,14H,12-13H2. The molecular formula is C18H15N5O. The number of carbonyl (C=O) groups excluding carboxylic acids is 1. The number of para-hydroxylation sites is 1. The minimum Gasteiger partial charge on any atom is -0.306 e. The number of carbonyl (C=O) groups is 1. The normalized spacial score (nSPS) is 10.1. The second-order valence-corrected chi connectivity index (χ2v) is 5.18. The Morgan fingerprint density at radius 1 is 1.08 bits per heavy atom. The van der Waals surface area contributed by atoms with E-state index in [4.69, 9.17) is 5.26 Å². The van der Waals surface area contributed by atoms with Crippen LogP contribution in [0.4, 0.5) is 5.69 Å². The van der Waals surface area contributed by atoms with Crippen molar-refractivity contribution in [2.45, 2.75) is 13.1 Å². The maximum atomic E-state index is 12.8. The summed E-state index contributed by atoms with van der Waals surface area (Å²) < 4.78 is 1.38. The molecule has 6 heteroatoms. The quantitative estimate of drug-likeness (QED) is 0.724. The molecule has 0 aliphatic rings. The number of nitriles is 1. The third-order valence-electron chi connectivity index (χ3n) is 3.49. The SMILES string of the molecule is N#Cc1ncn(CC(=O)N(Cc2ccccc2)c2ccccc2)n1. The predicted molar refractivity (Wildman–Crippen MR) is 88.8 cm³/mol. The lowest BCUT2D eigenvalue weighted by molar-refractivity contribution is -0.119. The topological polar surface area (TPSA) is 74.8 Å². The Kier molecular flexibility index (Phi) is 4.63. The smallest absolute Gasteiger partial charge is 0.252 e. The Bertz CT molecular complexity index is 852. The maximum Gasteiger partial charge on any atom is 0.252 e. The van der Waals surface area contributed by atoms with Gasteiger partial charge in [-0.05, 0) is 17.7 Å². The largest absolute Gasteiger partial charge is 0.306 e. The molecule has 6 nitrogen and oxygen atoms in total. The molecule has 0 radical (unpaired) electrons. The van der Waals surface area contributed by atoms with Crippen molar-refractivity contribution in [1.29, 1.82) is 5.26 Å². The van der Waals surface area contributed by atoms with Crippen LogP contribution in [-0.2, 0) is 17.9 Å². The highest BCUT2D eigenvalue weighted by Crippen LogP contribution is 2.17. The van der Waals surface area contributed by atoms with Crippen molar-refractivity contribution in [2.75, 3.05) is 4.90 Å². The van der Waals surface area contributed by atoms with E-state index in [0.717, 1.165) is 11.3 Å². The van der Waals surface area contributed by atoms with E-state index in [-0.39, 0.29) is 18.3 Å². The molecule has 0 aliphatic heterocycles. The molecule has 0 bridgehead atoms. The van der Waals surface area contributed by atoms with Crippen molar-refractivity contribution in [1.82, 2.24) is 14.8 Å². The van der Waals surface area contributed by atoms with E-state index in [1.54, 1.807) is 4.90 Å². The lowest BCUT2D eigenvalue weighted by Crippen LogP contribution is -2.33. The Morgan fingerprint density at radius 2 is 1.75 bits per heavy atom. The third kappa shape index (κ3) is 3.65. The Morgan fingerprint density at radius 3 is 2.38 bits per heavy atom. The number of hydrogen-bond acceptors (Lipinski definition) is 4. The molecule has 3 rings (SSSR count). The van der Waals surface area contributed by atoms with Crippen LogP contribution in [-0.4, -0.2) is 20.7 Å². The zero-order chi connectivity index (χ0) is 16.8. The van der Waals surface area contributed by atoms with Gasteiger partial charge in [-0.1, -0.05) is 48.5 Å². The molecule has 3 aromatic rings. The van der Waals surface area contributed by atoms with Crippen molar-refractivity contribution < 1.29 is 4.79 Å². The van der Waals surface area contributed by atoms with Gasteiger partial charge in [0.1, 0.15) is 18.9 Å². The zero-order valence-corrected chi connectivity index (χ0v) is 12.9. The molecule has 1 amide bonds. The fourth-order valence-electron chi connectivity index (χ4n) is 2.34. The van der Waals surface area contributed by atoms with Gasteiger partial charge < -0.3 is 4.90 Å². The van der Waals surface area contributed by atoms with Crippen LogP contribution in [0.15, 0.2) is 67.0 Å². The number of nitrogens with zero attached hydrogens (tertiary/aromatic N) is 5. The zero-order valence-electron chi connectivity index (χ0n) is 12.9. The van der Waals surface area contributed by atoms with Gasteiger partial charge in [0, 0.05) is 5.69 Å². The van der Waals surface area contributed by atoms with Crippen molar-refractivity contribution in [3.63, 3.8) is 0 Å². The van der Waals surface area contributed by atoms with Crippen LogP contribution in [0.1, 0.15) is 11.4 Å². The average molecular weight is 317 g/mol. The molecule has 0 spiro atoms. The Labute approximate surface area is 139 Å². The minimum atomic E-state index is -0.126. The summed E-state index contributed by atoms with van der Waals surface area (Å²) in [6, 6.07) is 21.1. The first-order valence-corrected chi connectivity index (χ1v) is 7.45. The molecule has 1 aromatic heterocycles. The highest BCUT2D eigenvalue weighted by molar-refractivity contribution is 5.93. The molecule has 118 valence electrons. The van der Waals surface area contributed by atoms with E-state index in [0.29, 0.717) is 6.54 Å². The van der Waals surface area contributed by atoms with Gasteiger partial charge in [0.05, 0.1) is 6.54 Å². The van der Waals surface area contributed by atoms with Gasteiger partial charge in [-0.25, -0.2) is 9.67 Å². The van der Waals surface area contributed by atoms with Crippen molar-refractivity contribution in [3.8, 4) is 6.07 Å². The number of aromatic nitrogens is 3. The second kappa shape index (κ2) is 7.20. The molecule has 0 fully saturated rings. The molecule has 24 heavy (non-hydrogen) atoms. The highest BCUT2D eigenvalue weighted by atomic mass is 16.2. The summed E-state index contributed by atoms with van der Waals surface area (Å²) in [7, 11) is 0. The van der Waals surface area contributed by atoms with Crippen molar-refractivity contribution >= 4 is 11.6 Å². The number of anilines is 1. The van der Waals surface area contributed by atoms with E-state index in [2.05, 4.69) is 10.1 Å². The van der Waals surface area contributed by atoms with Crippen LogP contribution in [0, 0.1) is 11.3 Å². The number of amides is 1. The van der Waals surface area contributed by atoms with Gasteiger partial charge in [-0.15, -0.1) is 5.10 Å². The predicted octanol–water partition coefficient (Wildman–Crippen LogP) is 2.38. The van der Waals surface area contributed by atoms with Crippen LogP contribution >= 0.6 is 0 Å². The monoisotopic (exact) mass is 317 g/mol. The molecule has 0 unspecified atom stereocenters. The van der Waals surface area contributed by atoms with Gasteiger partial charge >= 0.3 is 0 Å². The van der Waals surface area contributed by atoms with Gasteiger partial charge in [0.25, 0.3) is 5.82 Å². The van der Waals surface area contributed by atoms with Crippen LogP contribution < -0.4 is 4.90 Å². The van der Waals surface area contributed by atoms with Crippen LogP contribution in [0.2, 0.25) is 0 Å². The molecule has 0 atom stereocenters. The van der Waals surface area contributed by atoms with Gasteiger partial charge in [0.2, 0.25) is 5.91 Å². The lowest BCUT2D eigenvalue weighted by Gasteiger charge is -2.23. The summed E-state index contributed by atoms with van der Waals surface area (Å²) in [5, 5.41) is 12.7.